The summed E-state index contributed by atoms with van der Waals surface area (Å²) in [4.78, 5) is 18.9. The number of piperidine rings is 1. The van der Waals surface area contributed by atoms with Crippen molar-refractivity contribution < 1.29 is 4.79 Å². The molecule has 1 N–H and O–H groups in total. The summed E-state index contributed by atoms with van der Waals surface area (Å²) in [6.45, 7) is 0. The maximum Gasteiger partial charge on any atom is 0.232 e. The number of aromatic nitrogens is 3. The number of nitriles is 1. The average Bonchev–Trinajstić information content (AvgIpc) is 3.23. The molecule has 3 aromatic rings. The molecule has 2 fully saturated rings. The van der Waals surface area contributed by atoms with Crippen molar-refractivity contribution in [3.63, 3.8) is 0 Å². The lowest BCUT2D eigenvalue weighted by Gasteiger charge is -2.19. The summed E-state index contributed by atoms with van der Waals surface area (Å²) in [6.07, 6.45) is 4.88. The van der Waals surface area contributed by atoms with Gasteiger partial charge in [0.2, 0.25) is 5.91 Å². The van der Waals surface area contributed by atoms with E-state index >= 15 is 0 Å². The Kier molecular flexibility index (Phi) is 3.92. The first-order valence-corrected chi connectivity index (χ1v) is 9.51. The number of anilines is 1. The van der Waals surface area contributed by atoms with Crippen molar-refractivity contribution in [2.24, 2.45) is 11.8 Å². The van der Waals surface area contributed by atoms with Gasteiger partial charge >= 0.3 is 0 Å². The maximum absolute atomic E-state index is 13.1. The Morgan fingerprint density at radius 1 is 1.29 bits per heavy atom. The quantitative estimate of drug-likeness (QED) is 0.738. The van der Waals surface area contributed by atoms with E-state index in [2.05, 4.69) is 21.3 Å². The molecule has 3 atom stereocenters. The van der Waals surface area contributed by atoms with E-state index in [0.29, 0.717) is 33.6 Å². The summed E-state index contributed by atoms with van der Waals surface area (Å²) in [6, 6.07) is 13.6. The van der Waals surface area contributed by atoms with Crippen LogP contribution in [0.2, 0.25) is 5.02 Å². The van der Waals surface area contributed by atoms with Crippen molar-refractivity contribution in [1.82, 2.24) is 15.2 Å². The number of halogens is 1. The standard InChI is InChI=1S/C21H16ClN5O/c22-14-3-1-12(2-4-14)7-17-16-8-19(16)27(21(17)28)20-9-18(25-26-20)15-5-6-24-11-13(15)10-23/h1-6,9,11,16-17,19H,7-8H2,(H,25,26). The number of benzene rings is 1. The molecule has 0 bridgehead atoms. The number of hydrogen-bond acceptors (Lipinski definition) is 4. The van der Waals surface area contributed by atoms with E-state index in [4.69, 9.17) is 11.6 Å². The number of nitrogens with one attached hydrogen (secondary N) is 1. The minimum absolute atomic E-state index is 0.0199. The molecule has 28 heavy (non-hydrogen) atoms. The van der Waals surface area contributed by atoms with Crippen molar-refractivity contribution in [2.75, 3.05) is 4.90 Å². The summed E-state index contributed by atoms with van der Waals surface area (Å²) >= 11 is 5.96. The molecule has 5 rings (SSSR count). The normalized spacial score (nSPS) is 22.8. The summed E-state index contributed by atoms with van der Waals surface area (Å²) < 4.78 is 0. The van der Waals surface area contributed by atoms with Gasteiger partial charge in [0.25, 0.3) is 0 Å². The third-order valence-electron chi connectivity index (χ3n) is 5.62. The van der Waals surface area contributed by atoms with Crippen LogP contribution in [0, 0.1) is 23.2 Å². The van der Waals surface area contributed by atoms with Crippen LogP contribution in [0.25, 0.3) is 11.3 Å². The number of hydrogen-bond donors (Lipinski definition) is 1. The van der Waals surface area contributed by atoms with Gasteiger partial charge in [-0.15, -0.1) is 0 Å². The van der Waals surface area contributed by atoms with Gasteiger partial charge in [0.05, 0.1) is 11.3 Å². The maximum atomic E-state index is 13.1. The van der Waals surface area contributed by atoms with Crippen molar-refractivity contribution in [3.8, 4) is 17.3 Å². The Hall–Kier alpha value is -3.17. The molecule has 1 amide bonds. The van der Waals surface area contributed by atoms with Crippen molar-refractivity contribution in [1.29, 1.82) is 5.26 Å². The third kappa shape index (κ3) is 2.76. The zero-order valence-corrected chi connectivity index (χ0v) is 15.6. The van der Waals surface area contributed by atoms with Gasteiger partial charge in [-0.1, -0.05) is 23.7 Å². The Morgan fingerprint density at radius 2 is 2.11 bits per heavy atom. The van der Waals surface area contributed by atoms with E-state index in [1.54, 1.807) is 12.3 Å². The number of rotatable bonds is 4. The summed E-state index contributed by atoms with van der Waals surface area (Å²) in [5.74, 6) is 1.17. The minimum atomic E-state index is -0.0199. The molecule has 3 heterocycles. The molecule has 6 nitrogen and oxygen atoms in total. The van der Waals surface area contributed by atoms with Crippen molar-refractivity contribution in [2.45, 2.75) is 18.9 Å². The van der Waals surface area contributed by atoms with Gasteiger partial charge in [0.1, 0.15) is 11.9 Å². The fourth-order valence-corrected chi connectivity index (χ4v) is 4.27. The van der Waals surface area contributed by atoms with Crippen LogP contribution in [0.5, 0.6) is 0 Å². The topological polar surface area (TPSA) is 85.7 Å². The molecular formula is C21H16ClN5O. The fraction of sp³-hybridized carbons (Fsp3) is 0.238. The first kappa shape index (κ1) is 17.0. The molecule has 1 aliphatic heterocycles. The molecule has 138 valence electrons. The number of carbonyl (C=O) groups excluding carboxylic acids is 1. The summed E-state index contributed by atoms with van der Waals surface area (Å²) in [5, 5.41) is 17.3. The first-order chi connectivity index (χ1) is 13.7. The van der Waals surface area contributed by atoms with Crippen LogP contribution in [-0.2, 0) is 11.2 Å². The van der Waals surface area contributed by atoms with E-state index in [-0.39, 0.29) is 17.9 Å². The Labute approximate surface area is 166 Å². The number of H-pyrrole nitrogens is 1. The molecule has 3 unspecified atom stereocenters. The molecule has 1 saturated heterocycles. The predicted molar refractivity (Wildman–Crippen MR) is 105 cm³/mol. The van der Waals surface area contributed by atoms with Crippen LogP contribution in [0.1, 0.15) is 17.5 Å². The molecule has 2 aromatic heterocycles. The zero-order valence-electron chi connectivity index (χ0n) is 14.8. The van der Waals surface area contributed by atoms with Crippen molar-refractivity contribution >= 4 is 23.3 Å². The largest absolute Gasteiger partial charge is 0.293 e. The highest BCUT2D eigenvalue weighted by Crippen LogP contribution is 2.51. The van der Waals surface area contributed by atoms with Gasteiger partial charge in [-0.05, 0) is 42.5 Å². The lowest BCUT2D eigenvalue weighted by atomic mass is 9.95. The SMILES string of the molecule is N#Cc1cnccc1-c1cc(N2C(=O)C(Cc3ccc(Cl)cc3)C3CC32)[nH]n1. The molecule has 1 aromatic carbocycles. The van der Waals surface area contributed by atoms with Crippen LogP contribution in [0.3, 0.4) is 0 Å². The van der Waals surface area contributed by atoms with E-state index in [9.17, 15) is 10.1 Å². The lowest BCUT2D eigenvalue weighted by Crippen LogP contribution is -2.32. The molecule has 7 heteroatoms. The minimum Gasteiger partial charge on any atom is -0.293 e. The Bertz CT molecular complexity index is 1100. The van der Waals surface area contributed by atoms with Gasteiger partial charge in [-0.2, -0.15) is 10.4 Å². The highest BCUT2D eigenvalue weighted by Gasteiger charge is 2.58. The number of pyridine rings is 1. The number of carbonyl (C=O) groups is 1. The molecule has 0 spiro atoms. The smallest absolute Gasteiger partial charge is 0.232 e. The van der Waals surface area contributed by atoms with Crippen LogP contribution in [0.4, 0.5) is 5.82 Å². The van der Waals surface area contributed by atoms with Crippen LogP contribution < -0.4 is 4.90 Å². The second-order valence-corrected chi connectivity index (χ2v) is 7.72. The molecular weight excluding hydrogens is 374 g/mol. The number of amides is 1. The molecule has 0 radical (unpaired) electrons. The van der Waals surface area contributed by atoms with Gasteiger partial charge in [0, 0.05) is 41.0 Å². The Morgan fingerprint density at radius 3 is 2.89 bits per heavy atom. The van der Waals surface area contributed by atoms with Crippen molar-refractivity contribution in [3.05, 3.63) is 64.9 Å². The van der Waals surface area contributed by atoms with Gasteiger partial charge in [-0.25, -0.2) is 0 Å². The van der Waals surface area contributed by atoms with Crippen LogP contribution >= 0.6 is 11.6 Å². The summed E-state index contributed by atoms with van der Waals surface area (Å²) in [7, 11) is 0. The van der Waals surface area contributed by atoms with Gasteiger partial charge < -0.3 is 0 Å². The second-order valence-electron chi connectivity index (χ2n) is 7.28. The zero-order chi connectivity index (χ0) is 19.3. The summed E-state index contributed by atoms with van der Waals surface area (Å²) in [5.41, 5.74) is 2.92. The lowest BCUT2D eigenvalue weighted by molar-refractivity contribution is -0.121. The van der Waals surface area contributed by atoms with Gasteiger partial charge in [-0.3, -0.25) is 19.8 Å². The first-order valence-electron chi connectivity index (χ1n) is 9.13. The number of aromatic amines is 1. The van der Waals surface area contributed by atoms with E-state index in [1.807, 2.05) is 35.2 Å². The highest BCUT2D eigenvalue weighted by molar-refractivity contribution is 6.30. The highest BCUT2D eigenvalue weighted by atomic mass is 35.5. The molecule has 1 aliphatic carbocycles. The van der Waals surface area contributed by atoms with E-state index in [1.165, 1.54) is 6.20 Å². The molecule has 2 aliphatic rings. The Balaban J connectivity index is 1.39. The van der Waals surface area contributed by atoms with Gasteiger partial charge in [0.15, 0.2) is 0 Å². The van der Waals surface area contributed by atoms with E-state index in [0.717, 1.165) is 18.4 Å². The van der Waals surface area contributed by atoms with Crippen LogP contribution in [0.15, 0.2) is 48.8 Å². The van der Waals surface area contributed by atoms with Crippen LogP contribution in [-0.4, -0.2) is 27.1 Å². The molecule has 1 saturated carbocycles. The third-order valence-corrected chi connectivity index (χ3v) is 5.87. The number of nitrogens with zero attached hydrogens (tertiary/aromatic N) is 4. The average molecular weight is 390 g/mol. The van der Waals surface area contributed by atoms with E-state index < -0.39 is 0 Å². The fourth-order valence-electron chi connectivity index (χ4n) is 4.15. The number of fused-ring (bicyclic) bond motifs is 1. The monoisotopic (exact) mass is 389 g/mol. The predicted octanol–water partition coefficient (Wildman–Crippen LogP) is 3.59. The second kappa shape index (κ2) is 6.47.